The number of nitrogens with one attached hydrogen (secondary N) is 1. The summed E-state index contributed by atoms with van der Waals surface area (Å²) in [7, 11) is -3.63. The summed E-state index contributed by atoms with van der Waals surface area (Å²) in [5.74, 6) is -0.356. The maximum Gasteiger partial charge on any atom is 0.407 e. The molecule has 1 amide bonds. The number of carbonyl (C=O) groups is 1. The molecule has 0 aromatic heterocycles. The van der Waals surface area contributed by atoms with E-state index in [0.29, 0.717) is 0 Å². The van der Waals surface area contributed by atoms with Crippen molar-refractivity contribution < 1.29 is 17.9 Å². The Balaban J connectivity index is 4.52. The molecule has 0 rings (SSSR count). The highest BCUT2D eigenvalue weighted by Crippen LogP contribution is 2.09. The van der Waals surface area contributed by atoms with Crippen LogP contribution in [0, 0.1) is 5.92 Å². The van der Waals surface area contributed by atoms with Crippen LogP contribution in [0.25, 0.3) is 0 Å². The molecule has 0 saturated carbocycles. The van der Waals surface area contributed by atoms with Crippen LogP contribution in [0.1, 0.15) is 34.6 Å². The summed E-state index contributed by atoms with van der Waals surface area (Å²) >= 11 is 0. The molecule has 0 fully saturated rings. The number of hydrogen-bond acceptors (Lipinski definition) is 4. The van der Waals surface area contributed by atoms with Gasteiger partial charge in [0.2, 0.25) is 10.0 Å². The summed E-state index contributed by atoms with van der Waals surface area (Å²) < 4.78 is 27.0. The van der Waals surface area contributed by atoms with Gasteiger partial charge in [-0.05, 0) is 26.7 Å². The Labute approximate surface area is 103 Å². The van der Waals surface area contributed by atoms with Gasteiger partial charge in [0.1, 0.15) is 5.60 Å². The highest BCUT2D eigenvalue weighted by molar-refractivity contribution is 7.89. The lowest BCUT2D eigenvalue weighted by atomic mass is 10.1. The number of carbonyl (C=O) groups excluding carboxylic acids is 1. The van der Waals surface area contributed by atoms with Crippen molar-refractivity contribution in [1.29, 1.82) is 0 Å². The van der Waals surface area contributed by atoms with Crippen LogP contribution in [-0.2, 0) is 14.8 Å². The molecule has 0 aliphatic carbocycles. The predicted octanol–water partition coefficient (Wildman–Crippen LogP) is 0.824. The first kappa shape index (κ1) is 16.2. The molecular weight excluding hydrogens is 244 g/mol. The first-order valence-electron chi connectivity index (χ1n) is 5.41. The Hall–Kier alpha value is -0.820. The van der Waals surface area contributed by atoms with Gasteiger partial charge in [-0.2, -0.15) is 0 Å². The van der Waals surface area contributed by atoms with Crippen molar-refractivity contribution in [3.05, 3.63) is 0 Å². The number of amides is 1. The van der Waals surface area contributed by atoms with Gasteiger partial charge in [0.25, 0.3) is 0 Å². The van der Waals surface area contributed by atoms with Gasteiger partial charge in [-0.25, -0.2) is 18.4 Å². The minimum Gasteiger partial charge on any atom is -0.444 e. The molecule has 0 aromatic rings. The van der Waals surface area contributed by atoms with E-state index < -0.39 is 27.8 Å². The summed E-state index contributed by atoms with van der Waals surface area (Å²) in [5.41, 5.74) is -0.618. The Bertz CT molecular complexity index is 357. The lowest BCUT2D eigenvalue weighted by Gasteiger charge is -2.25. The van der Waals surface area contributed by atoms with Crippen molar-refractivity contribution in [2.45, 2.75) is 46.3 Å². The van der Waals surface area contributed by atoms with Crippen molar-refractivity contribution in [3.8, 4) is 0 Å². The molecule has 1 unspecified atom stereocenters. The molecule has 1 atom stereocenters. The van der Waals surface area contributed by atoms with Crippen LogP contribution in [0.5, 0.6) is 0 Å². The predicted molar refractivity (Wildman–Crippen MR) is 66.0 cm³/mol. The van der Waals surface area contributed by atoms with Crippen molar-refractivity contribution in [1.82, 2.24) is 5.32 Å². The van der Waals surface area contributed by atoms with E-state index in [1.54, 1.807) is 34.6 Å². The number of ether oxygens (including phenoxy) is 1. The number of hydrogen-bond donors (Lipinski definition) is 2. The van der Waals surface area contributed by atoms with Gasteiger partial charge in [0.05, 0.1) is 5.75 Å². The van der Waals surface area contributed by atoms with Crippen LogP contribution in [0.3, 0.4) is 0 Å². The molecule has 0 aliphatic rings. The molecule has 0 bridgehead atoms. The van der Waals surface area contributed by atoms with Crippen LogP contribution in [0.2, 0.25) is 0 Å². The van der Waals surface area contributed by atoms with Gasteiger partial charge in [-0.3, -0.25) is 0 Å². The SMILES string of the molecule is CC(C)C(CS(N)(=O)=O)NC(=O)OC(C)(C)C. The lowest BCUT2D eigenvalue weighted by Crippen LogP contribution is -2.46. The third kappa shape index (κ3) is 8.93. The second-order valence-corrected chi connectivity index (χ2v) is 6.99. The van der Waals surface area contributed by atoms with Gasteiger partial charge >= 0.3 is 6.09 Å². The van der Waals surface area contributed by atoms with E-state index in [1.807, 2.05) is 0 Å². The summed E-state index contributed by atoms with van der Waals surface area (Å²) in [6.07, 6.45) is -0.639. The van der Waals surface area contributed by atoms with E-state index in [4.69, 9.17) is 9.88 Å². The summed E-state index contributed by atoms with van der Waals surface area (Å²) in [5, 5.41) is 7.47. The maximum absolute atomic E-state index is 11.5. The molecule has 0 aromatic carbocycles. The summed E-state index contributed by atoms with van der Waals surface area (Å²) in [6.45, 7) is 8.80. The Kier molecular flexibility index (Phi) is 5.41. The van der Waals surface area contributed by atoms with E-state index in [9.17, 15) is 13.2 Å². The normalized spacial score (nSPS) is 14.5. The van der Waals surface area contributed by atoms with E-state index in [2.05, 4.69) is 5.32 Å². The number of primary sulfonamides is 1. The molecule has 17 heavy (non-hydrogen) atoms. The zero-order valence-electron chi connectivity index (χ0n) is 11.0. The van der Waals surface area contributed by atoms with E-state index in [-0.39, 0.29) is 11.7 Å². The van der Waals surface area contributed by atoms with Gasteiger partial charge in [0.15, 0.2) is 0 Å². The van der Waals surface area contributed by atoms with Crippen LogP contribution >= 0.6 is 0 Å². The quantitative estimate of drug-likeness (QED) is 0.787. The third-order valence-electron chi connectivity index (χ3n) is 1.92. The van der Waals surface area contributed by atoms with Gasteiger partial charge in [-0.1, -0.05) is 13.8 Å². The fourth-order valence-corrected chi connectivity index (χ4v) is 2.08. The first-order valence-corrected chi connectivity index (χ1v) is 7.12. The van der Waals surface area contributed by atoms with Crippen LogP contribution < -0.4 is 10.5 Å². The number of alkyl carbamates (subject to hydrolysis) is 1. The van der Waals surface area contributed by atoms with Crippen LogP contribution in [-0.4, -0.2) is 31.9 Å². The lowest BCUT2D eigenvalue weighted by molar-refractivity contribution is 0.0497. The second kappa shape index (κ2) is 5.68. The van der Waals surface area contributed by atoms with E-state index in [0.717, 1.165) is 0 Å². The fraction of sp³-hybridized carbons (Fsp3) is 0.900. The average Bonchev–Trinajstić information content (AvgIpc) is 1.95. The van der Waals surface area contributed by atoms with Gasteiger partial charge < -0.3 is 10.1 Å². The molecule has 6 nitrogen and oxygen atoms in total. The zero-order chi connectivity index (χ0) is 13.9. The maximum atomic E-state index is 11.5. The number of sulfonamides is 1. The summed E-state index contributed by atoms with van der Waals surface area (Å²) in [6, 6.07) is -0.556. The molecule has 0 heterocycles. The first-order chi connectivity index (χ1) is 7.41. The highest BCUT2D eigenvalue weighted by Gasteiger charge is 2.24. The highest BCUT2D eigenvalue weighted by atomic mass is 32.2. The molecule has 3 N–H and O–H groups in total. The van der Waals surface area contributed by atoms with Crippen molar-refractivity contribution in [2.75, 3.05) is 5.75 Å². The fourth-order valence-electron chi connectivity index (χ4n) is 1.11. The molecule has 7 heteroatoms. The molecule has 0 radical (unpaired) electrons. The van der Waals surface area contributed by atoms with Gasteiger partial charge in [0, 0.05) is 6.04 Å². The van der Waals surface area contributed by atoms with Crippen molar-refractivity contribution >= 4 is 16.1 Å². The third-order valence-corrected chi connectivity index (χ3v) is 2.74. The Morgan fingerprint density at radius 3 is 2.12 bits per heavy atom. The van der Waals surface area contributed by atoms with Crippen molar-refractivity contribution in [3.63, 3.8) is 0 Å². The minimum absolute atomic E-state index is 0.0548. The topological polar surface area (TPSA) is 98.5 Å². The molecule has 0 saturated heterocycles. The number of rotatable bonds is 4. The van der Waals surface area contributed by atoms with E-state index >= 15 is 0 Å². The Morgan fingerprint density at radius 2 is 1.82 bits per heavy atom. The smallest absolute Gasteiger partial charge is 0.407 e. The van der Waals surface area contributed by atoms with Gasteiger partial charge in [-0.15, -0.1) is 0 Å². The van der Waals surface area contributed by atoms with Crippen molar-refractivity contribution in [2.24, 2.45) is 11.1 Å². The standard InChI is InChI=1S/C10H22N2O4S/c1-7(2)8(6-17(11,14)15)12-9(13)16-10(3,4)5/h7-8H,6H2,1-5H3,(H,12,13)(H2,11,14,15). The molecule has 102 valence electrons. The second-order valence-electron chi connectivity index (χ2n) is 5.33. The zero-order valence-corrected chi connectivity index (χ0v) is 11.8. The number of nitrogens with two attached hydrogens (primary N) is 1. The minimum atomic E-state index is -3.63. The molecular formula is C10H22N2O4S. The van der Waals surface area contributed by atoms with E-state index in [1.165, 1.54) is 0 Å². The Morgan fingerprint density at radius 1 is 1.35 bits per heavy atom. The summed E-state index contributed by atoms with van der Waals surface area (Å²) in [4.78, 5) is 11.5. The average molecular weight is 266 g/mol. The largest absolute Gasteiger partial charge is 0.444 e. The monoisotopic (exact) mass is 266 g/mol. The van der Waals surface area contributed by atoms with Crippen LogP contribution in [0.15, 0.2) is 0 Å². The molecule has 0 spiro atoms. The molecule has 0 aliphatic heterocycles. The van der Waals surface area contributed by atoms with Crippen LogP contribution in [0.4, 0.5) is 4.79 Å².